The average molecular weight is 449 g/mol. The van der Waals surface area contributed by atoms with Crippen molar-refractivity contribution in [2.24, 2.45) is 5.73 Å². The molecule has 1 amide bonds. The molecule has 0 radical (unpaired) electrons. The zero-order valence-corrected chi connectivity index (χ0v) is 17.7. The Kier molecular flexibility index (Phi) is 9.69. The summed E-state index contributed by atoms with van der Waals surface area (Å²) in [5.74, 6) is -0.234. The molecule has 2 rings (SSSR count). The molecule has 138 valence electrons. The van der Waals surface area contributed by atoms with Crippen LogP contribution in [0.15, 0.2) is 53.0 Å². The van der Waals surface area contributed by atoms with E-state index in [9.17, 15) is 4.79 Å². The summed E-state index contributed by atoms with van der Waals surface area (Å²) < 4.78 is 0.953. The van der Waals surface area contributed by atoms with Crippen LogP contribution in [0, 0.1) is 0 Å². The van der Waals surface area contributed by atoms with E-state index in [0.29, 0.717) is 0 Å². The summed E-state index contributed by atoms with van der Waals surface area (Å²) in [6.45, 7) is 2.53. The molecule has 0 saturated heterocycles. The van der Waals surface area contributed by atoms with Crippen LogP contribution >= 0.6 is 40.7 Å². The number of nitrogens with two attached hydrogens (primary N) is 1. The van der Waals surface area contributed by atoms with E-state index >= 15 is 0 Å². The number of nitrogens with one attached hydrogen (secondary N) is 1. The second-order valence-corrected chi connectivity index (χ2v) is 7.02. The molecule has 0 fully saturated rings. The van der Waals surface area contributed by atoms with Crippen molar-refractivity contribution in [2.75, 3.05) is 19.4 Å². The van der Waals surface area contributed by atoms with Gasteiger partial charge in [-0.15, -0.1) is 24.8 Å². The minimum atomic E-state index is -1.10. The fourth-order valence-corrected chi connectivity index (χ4v) is 2.57. The molecule has 2 aromatic rings. The molecule has 2 aromatic carbocycles. The Morgan fingerprint density at radius 2 is 1.76 bits per heavy atom. The lowest BCUT2D eigenvalue weighted by Gasteiger charge is -2.24. The lowest BCUT2D eigenvalue weighted by molar-refractivity contribution is -0.120. The van der Waals surface area contributed by atoms with Crippen LogP contribution in [0.5, 0.6) is 0 Å². The Hall–Kier alpha value is -1.11. The summed E-state index contributed by atoms with van der Waals surface area (Å²) in [5, 5.41) is 2.91. The third-order valence-electron chi connectivity index (χ3n) is 3.60. The number of carbonyl (C=O) groups excluding carboxylic acids is 1. The Bertz CT molecular complexity index is 691. The average Bonchev–Trinajstić information content (AvgIpc) is 2.47. The highest BCUT2D eigenvalue weighted by Gasteiger charge is 2.30. The second-order valence-electron chi connectivity index (χ2n) is 6.10. The van der Waals surface area contributed by atoms with E-state index < -0.39 is 5.54 Å². The van der Waals surface area contributed by atoms with Gasteiger partial charge in [-0.05, 0) is 56.4 Å². The molecule has 0 saturated carbocycles. The summed E-state index contributed by atoms with van der Waals surface area (Å²) in [4.78, 5) is 14.7. The van der Waals surface area contributed by atoms with Gasteiger partial charge in [-0.25, -0.2) is 0 Å². The van der Waals surface area contributed by atoms with Crippen LogP contribution in [0.4, 0.5) is 5.69 Å². The molecule has 1 unspecified atom stereocenters. The predicted octanol–water partition coefficient (Wildman–Crippen LogP) is 4.17. The van der Waals surface area contributed by atoms with Crippen LogP contribution in [0.1, 0.15) is 18.1 Å². The van der Waals surface area contributed by atoms with E-state index in [1.807, 2.05) is 62.6 Å². The zero-order chi connectivity index (χ0) is 17.0. The number of anilines is 1. The molecule has 0 aliphatic rings. The van der Waals surface area contributed by atoms with Gasteiger partial charge in [0.1, 0.15) is 5.54 Å². The van der Waals surface area contributed by atoms with Crippen molar-refractivity contribution in [3.05, 3.63) is 64.1 Å². The number of rotatable bonds is 5. The van der Waals surface area contributed by atoms with Gasteiger partial charge in [-0.1, -0.05) is 40.2 Å². The second kappa shape index (κ2) is 10.1. The molecule has 4 nitrogen and oxygen atoms in total. The van der Waals surface area contributed by atoms with Gasteiger partial charge < -0.3 is 16.0 Å². The van der Waals surface area contributed by atoms with Gasteiger partial charge in [0.25, 0.3) is 0 Å². The Morgan fingerprint density at radius 3 is 2.32 bits per heavy atom. The summed E-state index contributed by atoms with van der Waals surface area (Å²) in [6, 6.07) is 15.3. The number of carbonyl (C=O) groups is 1. The van der Waals surface area contributed by atoms with Crippen LogP contribution in [0.25, 0.3) is 0 Å². The van der Waals surface area contributed by atoms with Crippen LogP contribution < -0.4 is 11.1 Å². The van der Waals surface area contributed by atoms with E-state index in [1.165, 1.54) is 0 Å². The maximum absolute atomic E-state index is 12.6. The largest absolute Gasteiger partial charge is 0.324 e. The molecule has 7 heteroatoms. The van der Waals surface area contributed by atoms with Crippen LogP contribution in [-0.4, -0.2) is 24.9 Å². The van der Waals surface area contributed by atoms with Gasteiger partial charge in [0.15, 0.2) is 0 Å². The fraction of sp³-hybridized carbons (Fsp3) is 0.278. The van der Waals surface area contributed by atoms with E-state index in [0.717, 1.165) is 27.8 Å². The smallest absolute Gasteiger partial charge is 0.248 e. The van der Waals surface area contributed by atoms with Crippen molar-refractivity contribution in [1.29, 1.82) is 0 Å². The number of halogens is 3. The molecule has 1 atom stereocenters. The lowest BCUT2D eigenvalue weighted by Crippen LogP contribution is -2.45. The highest BCUT2D eigenvalue weighted by atomic mass is 79.9. The highest BCUT2D eigenvalue weighted by Crippen LogP contribution is 2.22. The SMILES string of the molecule is CN(C)Cc1cccc(NC(=O)C(C)(N)c2ccc(Br)cc2)c1.Cl.Cl. The number of nitrogens with zero attached hydrogens (tertiary/aromatic N) is 1. The van der Waals surface area contributed by atoms with Gasteiger partial charge in [0, 0.05) is 16.7 Å². The Balaban J connectivity index is 0.00000288. The van der Waals surface area contributed by atoms with Gasteiger partial charge in [0.05, 0.1) is 0 Å². The van der Waals surface area contributed by atoms with Gasteiger partial charge in [0.2, 0.25) is 5.91 Å². The highest BCUT2D eigenvalue weighted by molar-refractivity contribution is 9.10. The quantitative estimate of drug-likeness (QED) is 0.721. The van der Waals surface area contributed by atoms with Crippen LogP contribution in [0.2, 0.25) is 0 Å². The van der Waals surface area contributed by atoms with Crippen molar-refractivity contribution < 1.29 is 4.79 Å². The Morgan fingerprint density at radius 1 is 1.16 bits per heavy atom. The van der Waals surface area contributed by atoms with E-state index in [1.54, 1.807) is 6.92 Å². The maximum Gasteiger partial charge on any atom is 0.248 e. The first-order valence-corrected chi connectivity index (χ1v) is 8.18. The number of benzene rings is 2. The van der Waals surface area contributed by atoms with Crippen molar-refractivity contribution in [3.8, 4) is 0 Å². The number of hydrogen-bond acceptors (Lipinski definition) is 3. The third kappa shape index (κ3) is 6.60. The van der Waals surface area contributed by atoms with Crippen molar-refractivity contribution in [1.82, 2.24) is 4.90 Å². The molecular weight excluding hydrogens is 425 g/mol. The summed E-state index contributed by atoms with van der Waals surface area (Å²) in [7, 11) is 4.02. The van der Waals surface area contributed by atoms with Crippen molar-refractivity contribution in [3.63, 3.8) is 0 Å². The molecule has 0 aliphatic carbocycles. The molecule has 0 heterocycles. The van der Waals surface area contributed by atoms with Crippen LogP contribution in [0.3, 0.4) is 0 Å². The van der Waals surface area contributed by atoms with Crippen LogP contribution in [-0.2, 0) is 16.9 Å². The zero-order valence-electron chi connectivity index (χ0n) is 14.5. The summed E-state index contributed by atoms with van der Waals surface area (Å²) in [6.07, 6.45) is 0. The molecule has 0 aliphatic heterocycles. The predicted molar refractivity (Wildman–Crippen MR) is 113 cm³/mol. The third-order valence-corrected chi connectivity index (χ3v) is 4.13. The fourth-order valence-electron chi connectivity index (χ4n) is 2.30. The number of hydrogen-bond donors (Lipinski definition) is 2. The molecule has 0 spiro atoms. The van der Waals surface area contributed by atoms with Crippen molar-refractivity contribution in [2.45, 2.75) is 19.0 Å². The lowest BCUT2D eigenvalue weighted by atomic mass is 9.92. The van der Waals surface area contributed by atoms with Gasteiger partial charge >= 0.3 is 0 Å². The van der Waals surface area contributed by atoms with Gasteiger partial charge in [-0.2, -0.15) is 0 Å². The van der Waals surface area contributed by atoms with E-state index in [-0.39, 0.29) is 30.7 Å². The minimum absolute atomic E-state index is 0. The first-order valence-electron chi connectivity index (χ1n) is 7.39. The monoisotopic (exact) mass is 447 g/mol. The molecule has 3 N–H and O–H groups in total. The Labute approximate surface area is 170 Å². The van der Waals surface area contributed by atoms with Gasteiger partial charge in [-0.3, -0.25) is 4.79 Å². The summed E-state index contributed by atoms with van der Waals surface area (Å²) >= 11 is 3.39. The maximum atomic E-state index is 12.6. The molecular formula is C18H24BrCl2N3O. The first kappa shape index (κ1) is 23.9. The number of amides is 1. The summed E-state index contributed by atoms with van der Waals surface area (Å²) in [5.41, 5.74) is 7.82. The normalized spacial score (nSPS) is 12.6. The van der Waals surface area contributed by atoms with Crippen molar-refractivity contribution >= 4 is 52.3 Å². The topological polar surface area (TPSA) is 58.4 Å². The standard InChI is InChI=1S/C18H22BrN3O.2ClH/c1-18(20,14-7-9-15(19)10-8-14)17(23)21-16-6-4-5-13(11-16)12-22(2)3;;/h4-11H,12,20H2,1-3H3,(H,21,23);2*1H. The molecule has 0 aromatic heterocycles. The first-order chi connectivity index (χ1) is 10.8. The minimum Gasteiger partial charge on any atom is -0.324 e. The van der Waals surface area contributed by atoms with E-state index in [4.69, 9.17) is 5.73 Å². The van der Waals surface area contributed by atoms with E-state index in [2.05, 4.69) is 26.1 Å². The molecule has 25 heavy (non-hydrogen) atoms. The molecule has 0 bridgehead atoms.